The van der Waals surface area contributed by atoms with Gasteiger partial charge in [0.1, 0.15) is 6.33 Å². The summed E-state index contributed by atoms with van der Waals surface area (Å²) in [6, 6.07) is 10.8. The molecule has 3 rings (SSSR count). The molecule has 0 fully saturated rings. The van der Waals surface area contributed by atoms with Crippen molar-refractivity contribution in [3.63, 3.8) is 0 Å². The van der Waals surface area contributed by atoms with Crippen LogP contribution in [0.3, 0.4) is 0 Å². The minimum Gasteiger partial charge on any atom is -0.241 e. The summed E-state index contributed by atoms with van der Waals surface area (Å²) in [6.45, 7) is 4.22. The van der Waals surface area contributed by atoms with Gasteiger partial charge in [0.15, 0.2) is 0 Å². The smallest absolute Gasteiger partial charge is 0.116 e. The molecule has 0 aliphatic carbocycles. The summed E-state index contributed by atoms with van der Waals surface area (Å²) >= 11 is 1.86. The topological polar surface area (TPSA) is 25.8 Å². The van der Waals surface area contributed by atoms with Crippen molar-refractivity contribution in [3.05, 3.63) is 47.2 Å². The Hall–Kier alpha value is -1.74. The molecule has 2 aromatic heterocycles. The van der Waals surface area contributed by atoms with Crippen LogP contribution < -0.4 is 0 Å². The van der Waals surface area contributed by atoms with Gasteiger partial charge in [0.2, 0.25) is 0 Å². The van der Waals surface area contributed by atoms with Crippen LogP contribution in [-0.4, -0.2) is 9.97 Å². The second-order valence-corrected chi connectivity index (χ2v) is 5.48. The fraction of sp³-hybridized carbons (Fsp3) is 0.200. The van der Waals surface area contributed by atoms with Crippen molar-refractivity contribution < 1.29 is 0 Å². The molecule has 1 aromatic carbocycles. The Morgan fingerprint density at radius 3 is 2.78 bits per heavy atom. The second kappa shape index (κ2) is 4.50. The third kappa shape index (κ3) is 1.91. The molecule has 90 valence electrons. The summed E-state index contributed by atoms with van der Waals surface area (Å²) in [5, 5.41) is 1.14. The highest BCUT2D eigenvalue weighted by Gasteiger charge is 2.05. The number of aromatic nitrogens is 2. The van der Waals surface area contributed by atoms with Crippen molar-refractivity contribution in [1.29, 1.82) is 0 Å². The Kier molecular flexibility index (Phi) is 2.84. The zero-order valence-corrected chi connectivity index (χ0v) is 11.3. The van der Waals surface area contributed by atoms with Crippen molar-refractivity contribution >= 4 is 22.2 Å². The number of thiophene rings is 1. The largest absolute Gasteiger partial charge is 0.241 e. The second-order valence-electron chi connectivity index (χ2n) is 4.31. The van der Waals surface area contributed by atoms with E-state index in [9.17, 15) is 0 Å². The Morgan fingerprint density at radius 1 is 1.11 bits per heavy atom. The summed E-state index contributed by atoms with van der Waals surface area (Å²) in [7, 11) is 0. The first-order chi connectivity index (χ1) is 8.78. The van der Waals surface area contributed by atoms with E-state index in [0.29, 0.717) is 0 Å². The van der Waals surface area contributed by atoms with Gasteiger partial charge in [-0.25, -0.2) is 9.97 Å². The van der Waals surface area contributed by atoms with E-state index in [2.05, 4.69) is 47.2 Å². The van der Waals surface area contributed by atoms with Gasteiger partial charge < -0.3 is 0 Å². The average molecular weight is 254 g/mol. The first kappa shape index (κ1) is 11.4. The molecule has 18 heavy (non-hydrogen) atoms. The van der Waals surface area contributed by atoms with Crippen molar-refractivity contribution in [2.75, 3.05) is 0 Å². The number of hydrogen-bond donors (Lipinski definition) is 0. The van der Waals surface area contributed by atoms with E-state index in [-0.39, 0.29) is 0 Å². The van der Waals surface area contributed by atoms with Crippen molar-refractivity contribution in [2.45, 2.75) is 20.3 Å². The van der Waals surface area contributed by atoms with E-state index in [1.165, 1.54) is 15.3 Å². The van der Waals surface area contributed by atoms with Crippen LogP contribution in [0.4, 0.5) is 0 Å². The number of benzene rings is 1. The molecule has 0 saturated heterocycles. The first-order valence-corrected chi connectivity index (χ1v) is 6.90. The fourth-order valence-electron chi connectivity index (χ4n) is 2.06. The van der Waals surface area contributed by atoms with Gasteiger partial charge in [-0.1, -0.05) is 13.0 Å². The molecule has 2 nitrogen and oxygen atoms in total. The molecular formula is C15H14N2S. The van der Waals surface area contributed by atoms with Gasteiger partial charge in [-0.2, -0.15) is 0 Å². The van der Waals surface area contributed by atoms with Crippen LogP contribution in [0.25, 0.3) is 21.3 Å². The lowest BCUT2D eigenvalue weighted by molar-refractivity contribution is 1.15. The maximum atomic E-state index is 4.29. The highest BCUT2D eigenvalue weighted by molar-refractivity contribution is 7.15. The number of fused-ring (bicyclic) bond motifs is 1. The van der Waals surface area contributed by atoms with Crippen LogP contribution >= 0.6 is 11.3 Å². The van der Waals surface area contributed by atoms with Crippen molar-refractivity contribution in [3.8, 4) is 10.4 Å². The van der Waals surface area contributed by atoms with Gasteiger partial charge in [-0.3, -0.25) is 0 Å². The fourth-order valence-corrected chi connectivity index (χ4v) is 3.01. The number of nitrogens with zero attached hydrogens (tertiary/aromatic N) is 2. The molecule has 0 amide bonds. The van der Waals surface area contributed by atoms with Gasteiger partial charge >= 0.3 is 0 Å². The van der Waals surface area contributed by atoms with Gasteiger partial charge in [-0.05, 0) is 43.2 Å². The molecule has 0 spiro atoms. The molecule has 0 N–H and O–H groups in total. The highest BCUT2D eigenvalue weighted by atomic mass is 32.1. The number of rotatable bonds is 2. The molecule has 2 heterocycles. The zero-order chi connectivity index (χ0) is 12.5. The molecule has 0 radical (unpaired) electrons. The molecule has 0 unspecified atom stereocenters. The summed E-state index contributed by atoms with van der Waals surface area (Å²) in [4.78, 5) is 11.3. The van der Waals surface area contributed by atoms with Crippen LogP contribution in [0, 0.1) is 6.92 Å². The van der Waals surface area contributed by atoms with E-state index < -0.39 is 0 Å². The van der Waals surface area contributed by atoms with E-state index in [4.69, 9.17) is 0 Å². The first-order valence-electron chi connectivity index (χ1n) is 6.08. The molecule has 0 aliphatic heterocycles. The summed E-state index contributed by atoms with van der Waals surface area (Å²) < 4.78 is 0. The maximum absolute atomic E-state index is 4.29. The molecule has 0 aliphatic rings. The SMILES string of the molecule is CCc1ccc(-c2ccc3ncnc(C)c3c2)s1. The van der Waals surface area contributed by atoms with Crippen molar-refractivity contribution in [1.82, 2.24) is 9.97 Å². The normalized spacial score (nSPS) is 11.0. The van der Waals surface area contributed by atoms with E-state index in [1.54, 1.807) is 6.33 Å². The lowest BCUT2D eigenvalue weighted by atomic mass is 10.1. The lowest BCUT2D eigenvalue weighted by Crippen LogP contribution is -1.87. The third-order valence-electron chi connectivity index (χ3n) is 3.13. The van der Waals surface area contributed by atoms with Crippen LogP contribution in [0.5, 0.6) is 0 Å². The minimum absolute atomic E-state index is 1.01. The molecule has 3 aromatic rings. The average Bonchev–Trinajstić information content (AvgIpc) is 2.88. The molecule has 0 saturated carbocycles. The van der Waals surface area contributed by atoms with E-state index in [0.717, 1.165) is 23.0 Å². The monoisotopic (exact) mass is 254 g/mol. The molecule has 0 atom stereocenters. The lowest BCUT2D eigenvalue weighted by Gasteiger charge is -2.03. The molecular weight excluding hydrogens is 240 g/mol. The van der Waals surface area contributed by atoms with Gasteiger partial charge in [0.05, 0.1) is 5.52 Å². The molecule has 3 heteroatoms. The Balaban J connectivity index is 2.15. The number of hydrogen-bond acceptors (Lipinski definition) is 3. The van der Waals surface area contributed by atoms with Gasteiger partial charge in [0, 0.05) is 20.8 Å². The summed E-state index contributed by atoms with van der Waals surface area (Å²) in [5.41, 5.74) is 3.30. The standard InChI is InChI=1S/C15H14N2S/c1-3-12-5-7-15(18-12)11-4-6-14-13(8-11)10(2)16-9-17-14/h4-9H,3H2,1-2H3. The van der Waals surface area contributed by atoms with E-state index in [1.807, 2.05) is 18.3 Å². The van der Waals surface area contributed by atoms with Crippen molar-refractivity contribution in [2.24, 2.45) is 0 Å². The maximum Gasteiger partial charge on any atom is 0.116 e. The van der Waals surface area contributed by atoms with Crippen LogP contribution in [0.2, 0.25) is 0 Å². The summed E-state index contributed by atoms with van der Waals surface area (Å²) in [6.07, 6.45) is 2.72. The highest BCUT2D eigenvalue weighted by Crippen LogP contribution is 2.30. The van der Waals surface area contributed by atoms with Crippen LogP contribution in [-0.2, 0) is 6.42 Å². The Labute approximate surface area is 110 Å². The van der Waals surface area contributed by atoms with Gasteiger partial charge in [0.25, 0.3) is 0 Å². The van der Waals surface area contributed by atoms with Crippen LogP contribution in [0.15, 0.2) is 36.7 Å². The molecule has 0 bridgehead atoms. The third-order valence-corrected chi connectivity index (χ3v) is 4.41. The summed E-state index contributed by atoms with van der Waals surface area (Å²) in [5.74, 6) is 0. The quantitative estimate of drug-likeness (QED) is 0.684. The minimum atomic E-state index is 1.01. The Morgan fingerprint density at radius 2 is 2.00 bits per heavy atom. The van der Waals surface area contributed by atoms with E-state index >= 15 is 0 Å². The zero-order valence-electron chi connectivity index (χ0n) is 10.5. The van der Waals surface area contributed by atoms with Gasteiger partial charge in [-0.15, -0.1) is 11.3 Å². The Bertz CT molecular complexity index is 701. The predicted octanol–water partition coefficient (Wildman–Crippen LogP) is 4.23. The van der Waals surface area contributed by atoms with Crippen LogP contribution in [0.1, 0.15) is 17.5 Å². The number of aryl methyl sites for hydroxylation is 2. The predicted molar refractivity (Wildman–Crippen MR) is 77.0 cm³/mol.